The van der Waals surface area contributed by atoms with Gasteiger partial charge in [0.05, 0.1) is 16.2 Å². The number of anilines is 1. The molecule has 0 aromatic heterocycles. The number of esters is 1. The van der Waals surface area contributed by atoms with Crippen LogP contribution in [0.5, 0.6) is 0 Å². The smallest absolute Gasteiger partial charge is 0.341 e. The third-order valence-corrected chi connectivity index (χ3v) is 4.21. The fraction of sp³-hybridized carbons (Fsp3) is 0.529. The van der Waals surface area contributed by atoms with Gasteiger partial charge in [-0.25, -0.2) is 4.79 Å². The van der Waals surface area contributed by atoms with Gasteiger partial charge in [0, 0.05) is 31.3 Å². The number of rotatable bonds is 7. The van der Waals surface area contributed by atoms with Gasteiger partial charge in [0.15, 0.2) is 6.61 Å². The van der Waals surface area contributed by atoms with Crippen molar-refractivity contribution in [2.75, 3.05) is 24.6 Å². The predicted molar refractivity (Wildman–Crippen MR) is 92.7 cm³/mol. The monoisotopic (exact) mass is 349 g/mol. The molecular formula is C17H23N3O5. The van der Waals surface area contributed by atoms with Crippen LogP contribution in [0.15, 0.2) is 18.2 Å². The molecule has 0 saturated carbocycles. The largest absolute Gasteiger partial charge is 0.452 e. The Morgan fingerprint density at radius 3 is 2.64 bits per heavy atom. The molecule has 1 aromatic rings. The summed E-state index contributed by atoms with van der Waals surface area (Å²) in [5.74, 6) is -1.12. The molecule has 0 bridgehead atoms. The molecule has 8 heteroatoms. The van der Waals surface area contributed by atoms with Crippen LogP contribution in [-0.4, -0.2) is 42.5 Å². The Morgan fingerprint density at radius 2 is 2.04 bits per heavy atom. The first-order valence-electron chi connectivity index (χ1n) is 8.42. The fourth-order valence-electron chi connectivity index (χ4n) is 2.66. The van der Waals surface area contributed by atoms with Crippen LogP contribution in [0.4, 0.5) is 11.4 Å². The van der Waals surface area contributed by atoms with Crippen LogP contribution in [0.3, 0.4) is 0 Å². The zero-order chi connectivity index (χ0) is 18.4. The van der Waals surface area contributed by atoms with Gasteiger partial charge in [-0.05, 0) is 32.3 Å². The lowest BCUT2D eigenvalue weighted by atomic mass is 10.1. The highest BCUT2D eigenvalue weighted by atomic mass is 16.6. The molecule has 1 atom stereocenters. The number of nitrogens with zero attached hydrogens (tertiary/aromatic N) is 2. The van der Waals surface area contributed by atoms with E-state index in [1.165, 1.54) is 12.1 Å². The van der Waals surface area contributed by atoms with E-state index < -0.39 is 23.4 Å². The molecule has 136 valence electrons. The van der Waals surface area contributed by atoms with E-state index >= 15 is 0 Å². The molecule has 1 saturated heterocycles. The lowest BCUT2D eigenvalue weighted by molar-refractivity contribution is -0.384. The summed E-state index contributed by atoms with van der Waals surface area (Å²) < 4.78 is 5.07. The van der Waals surface area contributed by atoms with E-state index in [4.69, 9.17) is 4.74 Å². The van der Waals surface area contributed by atoms with Crippen LogP contribution in [-0.2, 0) is 9.53 Å². The van der Waals surface area contributed by atoms with Crippen LogP contribution >= 0.6 is 0 Å². The molecule has 0 aliphatic carbocycles. The maximum atomic E-state index is 12.4. The highest BCUT2D eigenvalue weighted by Gasteiger charge is 2.24. The Hall–Kier alpha value is -2.64. The van der Waals surface area contributed by atoms with Crippen molar-refractivity contribution in [2.45, 2.75) is 39.2 Å². The van der Waals surface area contributed by atoms with Crippen LogP contribution in [0.2, 0.25) is 0 Å². The van der Waals surface area contributed by atoms with Gasteiger partial charge < -0.3 is 15.0 Å². The van der Waals surface area contributed by atoms with Gasteiger partial charge in [0.1, 0.15) is 0 Å². The quantitative estimate of drug-likeness (QED) is 0.460. The van der Waals surface area contributed by atoms with Crippen molar-refractivity contribution in [1.29, 1.82) is 0 Å². The first kappa shape index (κ1) is 18.7. The Balaban J connectivity index is 2.14. The summed E-state index contributed by atoms with van der Waals surface area (Å²) >= 11 is 0. The second-order valence-electron chi connectivity index (χ2n) is 6.11. The third-order valence-electron chi connectivity index (χ3n) is 4.21. The zero-order valence-electron chi connectivity index (χ0n) is 14.5. The molecule has 1 aliphatic heterocycles. The number of nitro benzene ring substituents is 1. The third kappa shape index (κ3) is 4.91. The van der Waals surface area contributed by atoms with E-state index in [0.29, 0.717) is 5.69 Å². The predicted octanol–water partition coefficient (Wildman–Crippen LogP) is 2.27. The van der Waals surface area contributed by atoms with E-state index in [1.54, 1.807) is 6.07 Å². The summed E-state index contributed by atoms with van der Waals surface area (Å²) in [5, 5.41) is 13.7. The van der Waals surface area contributed by atoms with E-state index in [9.17, 15) is 19.7 Å². The average Bonchev–Trinajstić information content (AvgIpc) is 3.13. The van der Waals surface area contributed by atoms with E-state index in [1.807, 2.05) is 18.7 Å². The SMILES string of the molecule is CC[C@H](C)NC(=O)COC(=O)c1cc([N+](=O)[O-])ccc1N1CCCC1. The fourth-order valence-corrected chi connectivity index (χ4v) is 2.66. The van der Waals surface area contributed by atoms with Crippen molar-refractivity contribution in [2.24, 2.45) is 0 Å². The van der Waals surface area contributed by atoms with E-state index in [2.05, 4.69) is 5.32 Å². The van der Waals surface area contributed by atoms with Crippen LogP contribution in [0, 0.1) is 10.1 Å². The van der Waals surface area contributed by atoms with Gasteiger partial charge in [-0.1, -0.05) is 6.92 Å². The first-order chi connectivity index (χ1) is 11.9. The highest BCUT2D eigenvalue weighted by Crippen LogP contribution is 2.28. The maximum Gasteiger partial charge on any atom is 0.341 e. The zero-order valence-corrected chi connectivity index (χ0v) is 14.5. The molecule has 1 aromatic carbocycles. The van der Waals surface area contributed by atoms with Crippen molar-refractivity contribution in [3.63, 3.8) is 0 Å². The number of nitrogens with one attached hydrogen (secondary N) is 1. The molecule has 0 radical (unpaired) electrons. The normalized spacial score (nSPS) is 14.9. The minimum Gasteiger partial charge on any atom is -0.452 e. The number of nitro groups is 1. The van der Waals surface area contributed by atoms with Crippen LogP contribution in [0.25, 0.3) is 0 Å². The van der Waals surface area contributed by atoms with E-state index in [-0.39, 0.29) is 17.3 Å². The number of amides is 1. The number of carbonyl (C=O) groups is 2. The number of carbonyl (C=O) groups excluding carboxylic acids is 2. The topological polar surface area (TPSA) is 102 Å². The van der Waals surface area contributed by atoms with Crippen molar-refractivity contribution >= 4 is 23.3 Å². The Morgan fingerprint density at radius 1 is 1.36 bits per heavy atom. The van der Waals surface area contributed by atoms with Crippen molar-refractivity contribution in [3.8, 4) is 0 Å². The summed E-state index contributed by atoms with van der Waals surface area (Å²) in [6.45, 7) is 4.94. The molecule has 1 N–H and O–H groups in total. The van der Waals surface area contributed by atoms with E-state index in [0.717, 1.165) is 32.4 Å². The summed E-state index contributed by atoms with van der Waals surface area (Å²) in [6, 6.07) is 4.14. The molecule has 1 amide bonds. The maximum absolute atomic E-state index is 12.4. The number of ether oxygens (including phenoxy) is 1. The van der Waals surface area contributed by atoms with Gasteiger partial charge in [-0.2, -0.15) is 0 Å². The Bertz CT molecular complexity index is 656. The molecule has 0 spiro atoms. The first-order valence-corrected chi connectivity index (χ1v) is 8.42. The minimum absolute atomic E-state index is 0.0100. The molecule has 8 nitrogen and oxygen atoms in total. The molecule has 25 heavy (non-hydrogen) atoms. The lowest BCUT2D eigenvalue weighted by Gasteiger charge is -2.20. The van der Waals surface area contributed by atoms with Gasteiger partial charge in [0.25, 0.3) is 11.6 Å². The highest BCUT2D eigenvalue weighted by molar-refractivity contribution is 5.97. The van der Waals surface area contributed by atoms with Gasteiger partial charge in [-0.15, -0.1) is 0 Å². The Labute approximate surface area is 146 Å². The standard InChI is InChI=1S/C17H23N3O5/c1-3-12(2)18-16(21)11-25-17(22)14-10-13(20(23)24)6-7-15(14)19-8-4-5-9-19/h6-7,10,12H,3-5,8-9,11H2,1-2H3,(H,18,21)/t12-/m0/s1. The average molecular weight is 349 g/mol. The van der Waals surface area contributed by atoms with Crippen molar-refractivity contribution < 1.29 is 19.2 Å². The molecule has 0 unspecified atom stereocenters. The lowest BCUT2D eigenvalue weighted by Crippen LogP contribution is -2.35. The second-order valence-corrected chi connectivity index (χ2v) is 6.11. The van der Waals surface area contributed by atoms with Crippen LogP contribution in [0.1, 0.15) is 43.5 Å². The molecule has 1 aliphatic rings. The van der Waals surface area contributed by atoms with Gasteiger partial charge in [0.2, 0.25) is 0 Å². The van der Waals surface area contributed by atoms with Crippen LogP contribution < -0.4 is 10.2 Å². The number of hydrogen-bond donors (Lipinski definition) is 1. The molecular weight excluding hydrogens is 326 g/mol. The summed E-state index contributed by atoms with van der Waals surface area (Å²) in [5.41, 5.74) is 0.543. The number of benzene rings is 1. The summed E-state index contributed by atoms with van der Waals surface area (Å²) in [7, 11) is 0. The molecule has 1 heterocycles. The Kier molecular flexibility index (Phi) is 6.32. The number of non-ortho nitro benzene ring substituents is 1. The van der Waals surface area contributed by atoms with Crippen molar-refractivity contribution in [3.05, 3.63) is 33.9 Å². The van der Waals surface area contributed by atoms with Gasteiger partial charge >= 0.3 is 5.97 Å². The molecule has 2 rings (SSSR count). The summed E-state index contributed by atoms with van der Waals surface area (Å²) in [4.78, 5) is 36.6. The number of hydrogen-bond acceptors (Lipinski definition) is 6. The van der Waals surface area contributed by atoms with Gasteiger partial charge in [-0.3, -0.25) is 14.9 Å². The van der Waals surface area contributed by atoms with Crippen molar-refractivity contribution in [1.82, 2.24) is 5.32 Å². The summed E-state index contributed by atoms with van der Waals surface area (Å²) in [6.07, 6.45) is 2.77. The molecule has 1 fully saturated rings. The minimum atomic E-state index is -0.732. The second kappa shape index (κ2) is 8.46.